The zero-order chi connectivity index (χ0) is 34.3. The summed E-state index contributed by atoms with van der Waals surface area (Å²) in [6.07, 6.45) is -9.67. The molecule has 255 valence electrons. The first-order valence-corrected chi connectivity index (χ1v) is 16.5. The van der Waals surface area contributed by atoms with Crippen LogP contribution in [0.1, 0.15) is 61.7 Å². The second-order valence-electron chi connectivity index (χ2n) is 14.0. The molecule has 5 N–H and O–H groups in total. The van der Waals surface area contributed by atoms with E-state index in [2.05, 4.69) is 0 Å². The number of hydrogen-bond acceptors (Lipinski definition) is 12. The molecule has 10 unspecified atom stereocenters. The number of fused-ring (bicyclic) bond motifs is 5. The summed E-state index contributed by atoms with van der Waals surface area (Å²) in [5, 5.41) is 61.1. The van der Waals surface area contributed by atoms with Gasteiger partial charge in [-0.1, -0.05) is 38.1 Å². The Kier molecular flexibility index (Phi) is 10.4. The second-order valence-corrected chi connectivity index (χ2v) is 15.0. The molecule has 4 aliphatic rings. The van der Waals surface area contributed by atoms with Crippen molar-refractivity contribution in [1.82, 2.24) is 0 Å². The number of aliphatic hydroxyl groups is 5. The summed E-state index contributed by atoms with van der Waals surface area (Å²) in [6.45, 7) is 12.0. The minimum absolute atomic E-state index is 0. The molecule has 48 heavy (non-hydrogen) atoms. The van der Waals surface area contributed by atoms with Gasteiger partial charge in [0.25, 0.3) is 0 Å². The van der Waals surface area contributed by atoms with E-state index in [1.165, 1.54) is 30.4 Å². The smallest absolute Gasteiger partial charge is 0.338 e. The first-order valence-electron chi connectivity index (χ1n) is 15.6. The molecule has 3 fully saturated rings. The van der Waals surface area contributed by atoms with Gasteiger partial charge in [-0.2, -0.15) is 0 Å². The van der Waals surface area contributed by atoms with Crippen molar-refractivity contribution in [2.24, 2.45) is 16.7 Å². The maximum Gasteiger partial charge on any atom is 0.338 e. The molecule has 0 amide bonds. The number of thiophene rings is 1. The maximum atomic E-state index is 14.5. The Morgan fingerprint density at radius 2 is 1.73 bits per heavy atom. The van der Waals surface area contributed by atoms with Crippen LogP contribution in [0.15, 0.2) is 59.0 Å². The van der Waals surface area contributed by atoms with Crippen LogP contribution in [-0.4, -0.2) is 97.7 Å². The fourth-order valence-electron chi connectivity index (χ4n) is 8.37. The SMILES string of the molecule is [Ac].[CH]C(c1cccs1)C(O)C(=O)OC1CC2(O)C(OC(=O)c3ccccc3)C3C4(O)COC4CC(O)[C@@]3(C)C(=O)C(O)C(=C1C)C2(C)C. The zero-order valence-electron chi connectivity index (χ0n) is 27.1. The Bertz CT molecular complexity index is 1590. The van der Waals surface area contributed by atoms with Gasteiger partial charge in [-0.05, 0) is 55.5 Å². The molecular weight excluding hydrogens is 855 g/mol. The number of carbonyl (C=O) groups is 3. The number of Topliss-reactive ketones (excluding diaryl/α,β-unsaturated/α-hetero) is 1. The van der Waals surface area contributed by atoms with Crippen LogP contribution in [0.5, 0.6) is 0 Å². The maximum absolute atomic E-state index is 14.5. The van der Waals surface area contributed by atoms with Crippen LogP contribution in [0, 0.1) is 67.7 Å². The van der Waals surface area contributed by atoms with E-state index in [4.69, 9.17) is 21.1 Å². The van der Waals surface area contributed by atoms with Crippen LogP contribution in [0.3, 0.4) is 0 Å². The predicted molar refractivity (Wildman–Crippen MR) is 167 cm³/mol. The zero-order valence-corrected chi connectivity index (χ0v) is 32.7. The minimum atomic E-state index is -2.22. The monoisotopic (exact) mass is 895 g/mol. The molecule has 2 heterocycles. The van der Waals surface area contributed by atoms with E-state index >= 15 is 0 Å². The molecule has 3 radical (unpaired) electrons. The van der Waals surface area contributed by atoms with Crippen molar-refractivity contribution in [2.75, 3.05) is 6.61 Å². The van der Waals surface area contributed by atoms with Crippen LogP contribution < -0.4 is 0 Å². The third kappa shape index (κ3) is 5.51. The van der Waals surface area contributed by atoms with Gasteiger partial charge in [0, 0.05) is 79.0 Å². The van der Waals surface area contributed by atoms with Crippen molar-refractivity contribution in [3.8, 4) is 0 Å². The first kappa shape index (κ1) is 37.7. The van der Waals surface area contributed by atoms with E-state index in [1.54, 1.807) is 56.5 Å². The molecule has 1 aliphatic heterocycles. The molecular formula is C35H40AcO11S. The van der Waals surface area contributed by atoms with Crippen molar-refractivity contribution in [1.29, 1.82) is 0 Å². The summed E-state index contributed by atoms with van der Waals surface area (Å²) in [4.78, 5) is 42.1. The number of rotatable bonds is 6. The third-order valence-corrected chi connectivity index (χ3v) is 12.3. The summed E-state index contributed by atoms with van der Waals surface area (Å²) in [7, 11) is 0. The van der Waals surface area contributed by atoms with E-state index in [0.29, 0.717) is 4.88 Å². The van der Waals surface area contributed by atoms with Crippen LogP contribution in [-0.2, 0) is 23.8 Å². The van der Waals surface area contributed by atoms with Crippen molar-refractivity contribution in [2.45, 2.75) is 94.3 Å². The van der Waals surface area contributed by atoms with Crippen LogP contribution in [0.25, 0.3) is 0 Å². The van der Waals surface area contributed by atoms with E-state index in [-0.39, 0.29) is 73.8 Å². The van der Waals surface area contributed by atoms with Crippen LogP contribution >= 0.6 is 11.3 Å². The number of benzene rings is 1. The summed E-state index contributed by atoms with van der Waals surface area (Å²) in [6, 6.07) is 11.3. The average molecular weight is 896 g/mol. The number of aliphatic hydroxyl groups excluding tert-OH is 3. The topological polar surface area (TPSA) is 180 Å². The number of esters is 2. The van der Waals surface area contributed by atoms with Gasteiger partial charge < -0.3 is 39.7 Å². The van der Waals surface area contributed by atoms with Crippen LogP contribution in [0.4, 0.5) is 0 Å². The molecule has 11 atom stereocenters. The number of ether oxygens (including phenoxy) is 3. The van der Waals surface area contributed by atoms with Gasteiger partial charge in [0.15, 0.2) is 11.9 Å². The van der Waals surface area contributed by atoms with Gasteiger partial charge in [0.1, 0.15) is 29.5 Å². The predicted octanol–water partition coefficient (Wildman–Crippen LogP) is 1.98. The van der Waals surface area contributed by atoms with Crippen molar-refractivity contribution < 1.29 is 98.2 Å². The largest absolute Gasteiger partial charge is 0.456 e. The number of carbonyl (C=O) groups excluding carboxylic acids is 3. The van der Waals surface area contributed by atoms with Crippen molar-refractivity contribution >= 4 is 29.1 Å². The number of ketones is 1. The third-order valence-electron chi connectivity index (χ3n) is 11.3. The summed E-state index contributed by atoms with van der Waals surface area (Å²) >= 11 is 1.25. The Morgan fingerprint density at radius 1 is 1.06 bits per heavy atom. The minimum Gasteiger partial charge on any atom is -0.456 e. The summed E-state index contributed by atoms with van der Waals surface area (Å²) < 4.78 is 17.6. The van der Waals surface area contributed by atoms with Gasteiger partial charge >= 0.3 is 11.9 Å². The van der Waals surface area contributed by atoms with E-state index < -0.39 is 94.6 Å². The Hall–Kier alpha value is -1.53. The fourth-order valence-corrected chi connectivity index (χ4v) is 9.13. The van der Waals surface area contributed by atoms with Gasteiger partial charge in [-0.25, -0.2) is 9.59 Å². The Balaban J connectivity index is 0.00000451. The molecule has 1 saturated heterocycles. The fraction of sp³-hybridized carbons (Fsp3) is 0.543. The molecule has 1 aromatic carbocycles. The molecule has 2 aromatic rings. The first-order chi connectivity index (χ1) is 22.0. The Labute approximate surface area is 318 Å². The summed E-state index contributed by atoms with van der Waals surface area (Å²) in [5.41, 5.74) is -7.13. The van der Waals surface area contributed by atoms with Gasteiger partial charge in [-0.15, -0.1) is 11.3 Å². The molecule has 2 saturated carbocycles. The standard InChI is InChI=1S/C35H40O11S.Ac/c1-17-20(45-31(41)25(37)18(2)21-12-9-13-47-21)15-35(43)29(46-30(40)19-10-7-6-8-11-19)27-33(5,22(36)14-23-34(27,42)16-44-23)28(39)26(38)24(17)32(35,3)4;/h2,6-13,18,20,22-23,25-27,29,36-38,42-43H,14-16H2,1,3-5H3;/t18?,20?,22?,23?,25?,26?,27?,29?,33-,34?,35?;/m1./s1. The average Bonchev–Trinajstić information content (AvgIpc) is 3.58. The van der Waals surface area contributed by atoms with Gasteiger partial charge in [-0.3, -0.25) is 4.79 Å². The molecule has 0 spiro atoms. The Morgan fingerprint density at radius 3 is 2.31 bits per heavy atom. The van der Waals surface area contributed by atoms with Gasteiger partial charge in [0.05, 0.1) is 29.8 Å². The quantitative estimate of drug-likeness (QED) is 0.212. The number of hydrogen-bond donors (Lipinski definition) is 5. The second kappa shape index (κ2) is 13.2. The van der Waals surface area contributed by atoms with E-state index in [1.807, 2.05) is 0 Å². The molecule has 3 aliphatic carbocycles. The molecule has 1 aromatic heterocycles. The van der Waals surface area contributed by atoms with Crippen molar-refractivity contribution in [3.05, 3.63) is 76.4 Å². The molecule has 11 nitrogen and oxygen atoms in total. The molecule has 6 rings (SSSR count). The summed E-state index contributed by atoms with van der Waals surface area (Å²) in [5.74, 6) is -5.40. The molecule has 13 heteroatoms. The van der Waals surface area contributed by atoms with E-state index in [9.17, 15) is 39.9 Å². The normalized spacial score (nSPS) is 38.1. The van der Waals surface area contributed by atoms with Gasteiger partial charge in [0.2, 0.25) is 0 Å². The molecule has 2 bridgehead atoms. The van der Waals surface area contributed by atoms with E-state index in [0.717, 1.165) is 0 Å². The van der Waals surface area contributed by atoms with Crippen molar-refractivity contribution in [3.63, 3.8) is 0 Å². The van der Waals surface area contributed by atoms with Crippen LogP contribution in [0.2, 0.25) is 0 Å².